The second kappa shape index (κ2) is 3.89. The third-order valence-corrected chi connectivity index (χ3v) is 2.03. The molecule has 0 aliphatic carbocycles. The first-order valence-electron chi connectivity index (χ1n) is 3.69. The standard InChI is InChI=1S/C7H12ClN3O/c1-11-7(2-5(12)3-9)6(8)4-10-11/h4-5,12H,2-3,9H2,1H3. The molecule has 1 heterocycles. The zero-order valence-corrected chi connectivity index (χ0v) is 7.62. The summed E-state index contributed by atoms with van der Waals surface area (Å²) in [6.45, 7) is 0.238. The van der Waals surface area contributed by atoms with Gasteiger partial charge in [0, 0.05) is 20.0 Å². The highest BCUT2D eigenvalue weighted by molar-refractivity contribution is 6.31. The van der Waals surface area contributed by atoms with Gasteiger partial charge in [-0.05, 0) is 0 Å². The fourth-order valence-electron chi connectivity index (χ4n) is 0.972. The molecule has 68 valence electrons. The van der Waals surface area contributed by atoms with Crippen molar-refractivity contribution in [1.82, 2.24) is 9.78 Å². The number of rotatable bonds is 3. The molecule has 0 bridgehead atoms. The van der Waals surface area contributed by atoms with Crippen LogP contribution in [-0.4, -0.2) is 27.5 Å². The summed E-state index contributed by atoms with van der Waals surface area (Å²) in [5.74, 6) is 0. The number of aliphatic hydroxyl groups is 1. The number of nitrogens with two attached hydrogens (primary N) is 1. The molecule has 0 amide bonds. The van der Waals surface area contributed by atoms with Crippen molar-refractivity contribution in [3.63, 3.8) is 0 Å². The summed E-state index contributed by atoms with van der Waals surface area (Å²) in [7, 11) is 1.78. The van der Waals surface area contributed by atoms with Crippen molar-refractivity contribution in [2.24, 2.45) is 12.8 Å². The molecule has 0 aliphatic heterocycles. The number of aromatic nitrogens is 2. The van der Waals surface area contributed by atoms with Gasteiger partial charge in [-0.25, -0.2) is 0 Å². The molecule has 4 nitrogen and oxygen atoms in total. The first kappa shape index (κ1) is 9.51. The molecule has 0 spiro atoms. The molecule has 1 aromatic heterocycles. The molecule has 1 unspecified atom stereocenters. The summed E-state index contributed by atoms with van der Waals surface area (Å²) >= 11 is 5.81. The van der Waals surface area contributed by atoms with E-state index in [0.29, 0.717) is 11.4 Å². The minimum absolute atomic E-state index is 0.238. The number of hydrogen-bond acceptors (Lipinski definition) is 3. The van der Waals surface area contributed by atoms with Crippen LogP contribution in [0.3, 0.4) is 0 Å². The van der Waals surface area contributed by atoms with Crippen LogP contribution in [0.5, 0.6) is 0 Å². The predicted molar refractivity (Wildman–Crippen MR) is 47.0 cm³/mol. The van der Waals surface area contributed by atoms with Crippen molar-refractivity contribution >= 4 is 11.6 Å². The quantitative estimate of drug-likeness (QED) is 0.700. The van der Waals surface area contributed by atoms with Crippen molar-refractivity contribution < 1.29 is 5.11 Å². The van der Waals surface area contributed by atoms with E-state index in [4.69, 9.17) is 17.3 Å². The number of hydrogen-bond donors (Lipinski definition) is 2. The van der Waals surface area contributed by atoms with Crippen LogP contribution in [0.25, 0.3) is 0 Å². The lowest BCUT2D eigenvalue weighted by Gasteiger charge is -2.07. The number of nitrogens with zero attached hydrogens (tertiary/aromatic N) is 2. The normalized spacial score (nSPS) is 13.3. The Morgan fingerprint density at radius 1 is 1.83 bits per heavy atom. The molecule has 0 saturated carbocycles. The fourth-order valence-corrected chi connectivity index (χ4v) is 1.22. The summed E-state index contributed by atoms with van der Waals surface area (Å²) in [6, 6.07) is 0. The highest BCUT2D eigenvalue weighted by Gasteiger charge is 2.10. The molecular weight excluding hydrogens is 178 g/mol. The van der Waals surface area contributed by atoms with Crippen LogP contribution in [0.2, 0.25) is 5.02 Å². The van der Waals surface area contributed by atoms with Gasteiger partial charge >= 0.3 is 0 Å². The largest absolute Gasteiger partial charge is 0.391 e. The number of halogens is 1. The monoisotopic (exact) mass is 189 g/mol. The van der Waals surface area contributed by atoms with Crippen molar-refractivity contribution in [3.8, 4) is 0 Å². The van der Waals surface area contributed by atoms with Crippen molar-refractivity contribution in [3.05, 3.63) is 16.9 Å². The Morgan fingerprint density at radius 3 is 2.92 bits per heavy atom. The van der Waals surface area contributed by atoms with Crippen LogP contribution in [0.4, 0.5) is 0 Å². The van der Waals surface area contributed by atoms with Crippen LogP contribution in [0.1, 0.15) is 5.69 Å². The lowest BCUT2D eigenvalue weighted by molar-refractivity contribution is 0.181. The molecule has 1 aromatic rings. The van der Waals surface area contributed by atoms with Crippen LogP contribution in [0.15, 0.2) is 6.20 Å². The molecule has 3 N–H and O–H groups in total. The van der Waals surface area contributed by atoms with E-state index in [-0.39, 0.29) is 6.54 Å². The molecule has 0 aliphatic rings. The molecule has 0 aromatic carbocycles. The van der Waals surface area contributed by atoms with Crippen LogP contribution >= 0.6 is 11.6 Å². The summed E-state index contributed by atoms with van der Waals surface area (Å²) in [6.07, 6.45) is 1.46. The molecule has 5 heteroatoms. The highest BCUT2D eigenvalue weighted by atomic mass is 35.5. The molecule has 1 atom stereocenters. The molecule has 0 radical (unpaired) electrons. The molecule has 0 saturated heterocycles. The molecule has 0 fully saturated rings. The van der Waals surface area contributed by atoms with Gasteiger partial charge in [-0.3, -0.25) is 4.68 Å². The van der Waals surface area contributed by atoms with Gasteiger partial charge in [0.15, 0.2) is 0 Å². The Balaban J connectivity index is 2.73. The Hall–Kier alpha value is -0.580. The van der Waals surface area contributed by atoms with Gasteiger partial charge in [0.05, 0.1) is 23.0 Å². The van der Waals surface area contributed by atoms with Crippen LogP contribution < -0.4 is 5.73 Å². The fraction of sp³-hybridized carbons (Fsp3) is 0.571. The van der Waals surface area contributed by atoms with Gasteiger partial charge in [-0.2, -0.15) is 5.10 Å². The Bertz CT molecular complexity index is 242. The average Bonchev–Trinajstić information content (AvgIpc) is 2.35. The van der Waals surface area contributed by atoms with E-state index < -0.39 is 6.10 Å². The summed E-state index contributed by atoms with van der Waals surface area (Å²) in [5.41, 5.74) is 6.08. The van der Waals surface area contributed by atoms with Crippen LogP contribution in [0, 0.1) is 0 Å². The maximum atomic E-state index is 9.25. The zero-order valence-electron chi connectivity index (χ0n) is 6.87. The second-order valence-electron chi connectivity index (χ2n) is 2.66. The number of aliphatic hydroxyl groups excluding tert-OH is 1. The molecular formula is C7H12ClN3O. The van der Waals surface area contributed by atoms with Gasteiger partial charge in [-0.15, -0.1) is 0 Å². The Kier molecular flexibility index (Phi) is 3.08. The topological polar surface area (TPSA) is 64.1 Å². The predicted octanol–water partition coefficient (Wildman–Crippen LogP) is -0.0644. The smallest absolute Gasteiger partial charge is 0.0818 e. The summed E-state index contributed by atoms with van der Waals surface area (Å²) in [5, 5.41) is 13.8. The SMILES string of the molecule is Cn1ncc(Cl)c1CC(O)CN. The van der Waals surface area contributed by atoms with Gasteiger partial charge in [0.2, 0.25) is 0 Å². The van der Waals surface area contributed by atoms with E-state index in [1.165, 1.54) is 0 Å². The van der Waals surface area contributed by atoms with E-state index in [1.54, 1.807) is 17.9 Å². The van der Waals surface area contributed by atoms with Gasteiger partial charge in [0.1, 0.15) is 0 Å². The first-order chi connectivity index (χ1) is 5.65. The lowest BCUT2D eigenvalue weighted by Crippen LogP contribution is -2.23. The lowest BCUT2D eigenvalue weighted by atomic mass is 10.2. The minimum atomic E-state index is -0.544. The van der Waals surface area contributed by atoms with Crippen molar-refractivity contribution in [2.75, 3.05) is 6.54 Å². The average molecular weight is 190 g/mol. The third-order valence-electron chi connectivity index (χ3n) is 1.71. The van der Waals surface area contributed by atoms with E-state index in [9.17, 15) is 5.11 Å². The van der Waals surface area contributed by atoms with Crippen molar-refractivity contribution in [2.45, 2.75) is 12.5 Å². The van der Waals surface area contributed by atoms with Gasteiger partial charge in [0.25, 0.3) is 0 Å². The molecule has 12 heavy (non-hydrogen) atoms. The second-order valence-corrected chi connectivity index (χ2v) is 3.06. The van der Waals surface area contributed by atoms with E-state index in [2.05, 4.69) is 5.10 Å². The molecule has 1 rings (SSSR count). The third kappa shape index (κ3) is 1.97. The minimum Gasteiger partial charge on any atom is -0.391 e. The van der Waals surface area contributed by atoms with E-state index >= 15 is 0 Å². The number of aryl methyl sites for hydroxylation is 1. The summed E-state index contributed by atoms with van der Waals surface area (Å²) in [4.78, 5) is 0. The van der Waals surface area contributed by atoms with E-state index in [1.807, 2.05) is 0 Å². The Labute approximate surface area is 75.9 Å². The van der Waals surface area contributed by atoms with Crippen molar-refractivity contribution in [1.29, 1.82) is 0 Å². The maximum absolute atomic E-state index is 9.25. The zero-order chi connectivity index (χ0) is 9.14. The first-order valence-corrected chi connectivity index (χ1v) is 4.07. The summed E-state index contributed by atoms with van der Waals surface area (Å²) < 4.78 is 1.64. The maximum Gasteiger partial charge on any atom is 0.0818 e. The van der Waals surface area contributed by atoms with Gasteiger partial charge < -0.3 is 10.8 Å². The van der Waals surface area contributed by atoms with Crippen LogP contribution in [-0.2, 0) is 13.5 Å². The van der Waals surface area contributed by atoms with Gasteiger partial charge in [-0.1, -0.05) is 11.6 Å². The van der Waals surface area contributed by atoms with E-state index in [0.717, 1.165) is 5.69 Å². The Morgan fingerprint density at radius 2 is 2.50 bits per heavy atom. The highest BCUT2D eigenvalue weighted by Crippen LogP contribution is 2.15.